The van der Waals surface area contributed by atoms with Crippen molar-refractivity contribution < 1.29 is 33.5 Å². The average molecular weight is 295 g/mol. The van der Waals surface area contributed by atoms with Gasteiger partial charge in [0.25, 0.3) is 5.69 Å². The number of hydrogen-bond donors (Lipinski definition) is 3. The third kappa shape index (κ3) is 2.91. The molecule has 0 heterocycles. The number of nitrogens with zero attached hydrogens (tertiary/aromatic N) is 1. The van der Waals surface area contributed by atoms with E-state index in [4.69, 9.17) is 9.79 Å². The van der Waals surface area contributed by atoms with Gasteiger partial charge in [-0.15, -0.1) is 4.89 Å². The van der Waals surface area contributed by atoms with E-state index in [1.165, 1.54) is 12.1 Å². The van der Waals surface area contributed by atoms with Gasteiger partial charge in [0.05, 0.1) is 4.92 Å². The molecular weight excluding hydrogens is 288 g/mol. The lowest BCUT2D eigenvalue weighted by Crippen LogP contribution is -2.23. The molecule has 0 fully saturated rings. The molecule has 0 aliphatic rings. The lowest BCUT2D eigenvalue weighted by atomic mass is 10.1. The Labute approximate surface area is 102 Å². The van der Waals surface area contributed by atoms with Crippen LogP contribution in [0.4, 0.5) is 5.69 Å². The lowest BCUT2D eigenvalue weighted by molar-refractivity contribution is -0.387. The van der Waals surface area contributed by atoms with E-state index in [1.807, 2.05) is 0 Å². The van der Waals surface area contributed by atoms with Gasteiger partial charge in [-0.2, -0.15) is 4.89 Å². The number of nitro groups is 1. The van der Waals surface area contributed by atoms with Gasteiger partial charge in [-0.05, 0) is 15.2 Å². The van der Waals surface area contributed by atoms with Crippen LogP contribution < -0.4 is 0 Å². The summed E-state index contributed by atoms with van der Waals surface area (Å²) in [6.45, 7) is 0. The highest BCUT2D eigenvalue weighted by Gasteiger charge is 2.62. The zero-order chi connectivity index (χ0) is 13.9. The van der Waals surface area contributed by atoms with Crippen LogP contribution in [-0.2, 0) is 19.2 Å². The maximum absolute atomic E-state index is 11.0. The Balaban J connectivity index is 3.43. The molecule has 9 nitrogen and oxygen atoms in total. The summed E-state index contributed by atoms with van der Waals surface area (Å²) in [6.07, 6.45) is 0. The molecule has 0 amide bonds. The molecule has 0 saturated heterocycles. The largest absolute Gasteiger partial charge is 0.702 e. The number of nitro benzene ring substituents is 1. The molecule has 3 unspecified atom stereocenters. The van der Waals surface area contributed by atoms with Crippen molar-refractivity contribution in [3.8, 4) is 0 Å². The van der Waals surface area contributed by atoms with Gasteiger partial charge < -0.3 is 5.11 Å². The smallest absolute Gasteiger partial charge is 0.317 e. The molecule has 11 heteroatoms. The molecule has 0 radical (unpaired) electrons. The molecule has 96 valence electrons. The van der Waals surface area contributed by atoms with Crippen LogP contribution in [0.15, 0.2) is 24.3 Å². The van der Waals surface area contributed by atoms with Crippen LogP contribution in [0.2, 0.25) is 0 Å². The van der Waals surface area contributed by atoms with E-state index in [2.05, 4.69) is 4.52 Å². The van der Waals surface area contributed by atoms with Gasteiger partial charge in [-0.25, -0.2) is 0 Å². The Morgan fingerprint density at radius 1 is 1.28 bits per heavy atom. The van der Waals surface area contributed by atoms with Crippen LogP contribution in [0, 0.1) is 10.1 Å². The Bertz CT molecular complexity index is 520. The maximum atomic E-state index is 11.0. The van der Waals surface area contributed by atoms with Gasteiger partial charge in [0.15, 0.2) is 0 Å². The quantitative estimate of drug-likeness (QED) is 0.316. The van der Waals surface area contributed by atoms with Gasteiger partial charge >= 0.3 is 21.8 Å². The maximum Gasteiger partial charge on any atom is 0.702 e. The summed E-state index contributed by atoms with van der Waals surface area (Å²) in [6, 6.07) is 4.39. The van der Waals surface area contributed by atoms with Gasteiger partial charge in [-0.3, -0.25) is 10.1 Å². The molecular formula is C7H7NO8P2+2. The highest BCUT2D eigenvalue weighted by Crippen LogP contribution is 2.50. The van der Waals surface area contributed by atoms with E-state index in [1.54, 1.807) is 0 Å². The standard InChI is InChI=1S/C7H5NO8P2/c9-7(17(12)13,16-18(14)15)5-3-1-2-4-6(5)8(10)11/h1-4,9H/p+2. The van der Waals surface area contributed by atoms with Crippen LogP contribution in [-0.4, -0.2) is 19.8 Å². The fraction of sp³-hybridized carbons (Fsp3) is 0.143. The SMILES string of the molecule is O=[N+]([O-])c1ccccc1C(O)(O[P+](=O)O)[P+](=O)O. The predicted octanol–water partition coefficient (Wildman–Crippen LogP) is 1.10. The van der Waals surface area contributed by atoms with E-state index in [0.717, 1.165) is 12.1 Å². The van der Waals surface area contributed by atoms with Crippen LogP contribution >= 0.6 is 16.3 Å². The molecule has 3 N–H and O–H groups in total. The molecule has 0 bridgehead atoms. The first kappa shape index (κ1) is 14.7. The predicted molar refractivity (Wildman–Crippen MR) is 57.7 cm³/mol. The van der Waals surface area contributed by atoms with Gasteiger partial charge in [0, 0.05) is 10.6 Å². The Kier molecular flexibility index (Phi) is 4.53. The topological polar surface area (TPSA) is 147 Å². The second-order valence-corrected chi connectivity index (χ2v) is 4.79. The minimum absolute atomic E-state index is 0.684. The van der Waals surface area contributed by atoms with E-state index in [0.29, 0.717) is 0 Å². The van der Waals surface area contributed by atoms with Crippen molar-refractivity contribution in [1.82, 2.24) is 0 Å². The van der Waals surface area contributed by atoms with E-state index < -0.39 is 38.0 Å². The van der Waals surface area contributed by atoms with E-state index in [9.17, 15) is 24.4 Å². The highest BCUT2D eigenvalue weighted by atomic mass is 31.1. The number of aliphatic hydroxyl groups is 1. The minimum atomic E-state index is -3.56. The molecule has 18 heavy (non-hydrogen) atoms. The molecule has 0 aliphatic carbocycles. The zero-order valence-corrected chi connectivity index (χ0v) is 10.3. The van der Waals surface area contributed by atoms with Crippen LogP contribution in [0.25, 0.3) is 0 Å². The van der Waals surface area contributed by atoms with Crippen molar-refractivity contribution >= 4 is 22.0 Å². The Morgan fingerprint density at radius 3 is 2.28 bits per heavy atom. The van der Waals surface area contributed by atoms with Crippen LogP contribution in [0.3, 0.4) is 0 Å². The second kappa shape index (κ2) is 5.53. The van der Waals surface area contributed by atoms with Crippen molar-refractivity contribution in [2.45, 2.75) is 5.53 Å². The van der Waals surface area contributed by atoms with Gasteiger partial charge in [-0.1, -0.05) is 12.1 Å². The van der Waals surface area contributed by atoms with E-state index >= 15 is 0 Å². The van der Waals surface area contributed by atoms with Gasteiger partial charge in [0.1, 0.15) is 5.56 Å². The molecule has 1 rings (SSSR count). The summed E-state index contributed by atoms with van der Waals surface area (Å²) in [5.74, 6) is 0. The van der Waals surface area contributed by atoms with Crippen molar-refractivity contribution in [3.63, 3.8) is 0 Å². The van der Waals surface area contributed by atoms with Crippen molar-refractivity contribution in [3.05, 3.63) is 39.9 Å². The molecule has 1 aromatic carbocycles. The summed E-state index contributed by atoms with van der Waals surface area (Å²) in [5.41, 5.74) is -4.52. The molecule has 0 saturated carbocycles. The molecule has 0 aromatic heterocycles. The normalized spacial score (nSPS) is 15.7. The third-order valence-corrected chi connectivity index (χ3v) is 3.33. The van der Waals surface area contributed by atoms with E-state index in [-0.39, 0.29) is 0 Å². The lowest BCUT2D eigenvalue weighted by Gasteiger charge is -2.08. The van der Waals surface area contributed by atoms with Crippen LogP contribution in [0.5, 0.6) is 0 Å². The van der Waals surface area contributed by atoms with Crippen molar-refractivity contribution in [1.29, 1.82) is 0 Å². The Morgan fingerprint density at radius 2 is 1.83 bits per heavy atom. The summed E-state index contributed by atoms with van der Waals surface area (Å²) >= 11 is 0. The molecule has 0 aliphatic heterocycles. The first-order valence-electron chi connectivity index (χ1n) is 4.27. The number of hydrogen-bond acceptors (Lipinski definition) is 6. The highest BCUT2D eigenvalue weighted by molar-refractivity contribution is 7.40. The molecule has 3 atom stereocenters. The van der Waals surface area contributed by atoms with Crippen molar-refractivity contribution in [2.24, 2.45) is 0 Å². The fourth-order valence-electron chi connectivity index (χ4n) is 1.20. The minimum Gasteiger partial charge on any atom is -0.317 e. The first-order chi connectivity index (χ1) is 8.29. The number of para-hydroxylation sites is 1. The summed E-state index contributed by atoms with van der Waals surface area (Å²) < 4.78 is 25.6. The molecule has 0 spiro atoms. The van der Waals surface area contributed by atoms with Crippen molar-refractivity contribution in [2.75, 3.05) is 0 Å². The molecule has 1 aromatic rings. The summed E-state index contributed by atoms with van der Waals surface area (Å²) in [7, 11) is -7.00. The first-order valence-corrected chi connectivity index (χ1v) is 6.61. The van der Waals surface area contributed by atoms with Gasteiger partial charge in [0.2, 0.25) is 0 Å². The number of benzene rings is 1. The second-order valence-electron chi connectivity index (χ2n) is 2.98. The number of rotatable bonds is 5. The summed E-state index contributed by atoms with van der Waals surface area (Å²) in [5, 5.41) is 20.5. The fourth-order valence-corrected chi connectivity index (χ4v) is 2.40. The third-order valence-electron chi connectivity index (χ3n) is 1.92. The van der Waals surface area contributed by atoms with Crippen LogP contribution in [0.1, 0.15) is 5.56 Å². The average Bonchev–Trinajstić information content (AvgIpc) is 2.27. The monoisotopic (exact) mass is 295 g/mol. The summed E-state index contributed by atoms with van der Waals surface area (Å²) in [4.78, 5) is 27.3. The zero-order valence-electron chi connectivity index (χ0n) is 8.53. The Hall–Kier alpha value is -1.34.